The first kappa shape index (κ1) is 14.1. The molecule has 0 spiro atoms. The van der Waals surface area contributed by atoms with Crippen LogP contribution in [0.25, 0.3) is 0 Å². The molecule has 5 nitrogen and oxygen atoms in total. The minimum absolute atomic E-state index is 0.00231. The highest BCUT2D eigenvalue weighted by Gasteiger charge is 2.25. The van der Waals surface area contributed by atoms with Crippen molar-refractivity contribution in [3.63, 3.8) is 0 Å². The van der Waals surface area contributed by atoms with Crippen LogP contribution in [0, 0.1) is 11.8 Å². The van der Waals surface area contributed by atoms with Crippen LogP contribution in [-0.2, 0) is 6.54 Å². The van der Waals surface area contributed by atoms with Gasteiger partial charge in [-0.05, 0) is 18.3 Å². The van der Waals surface area contributed by atoms with E-state index in [2.05, 4.69) is 25.8 Å². The first-order valence-corrected chi connectivity index (χ1v) is 7.03. The van der Waals surface area contributed by atoms with E-state index >= 15 is 0 Å². The van der Waals surface area contributed by atoms with Crippen molar-refractivity contribution in [2.75, 3.05) is 18.0 Å². The highest BCUT2D eigenvalue weighted by molar-refractivity contribution is 5.36. The molecule has 1 aromatic heterocycles. The van der Waals surface area contributed by atoms with E-state index in [1.54, 1.807) is 17.0 Å². The standard InChI is InChI=1S/C14H24N4O/c1-10(2)7-17-5-4-16-13(14(17)19)18-8-11(3)6-12(15)9-18/h4-5,10-12H,6-9,15H2,1-3H3. The maximum absolute atomic E-state index is 12.4. The quantitative estimate of drug-likeness (QED) is 0.887. The number of nitrogens with zero attached hydrogens (tertiary/aromatic N) is 3. The van der Waals surface area contributed by atoms with Crippen molar-refractivity contribution < 1.29 is 0 Å². The molecule has 2 heterocycles. The maximum Gasteiger partial charge on any atom is 0.293 e. The first-order valence-electron chi connectivity index (χ1n) is 7.03. The van der Waals surface area contributed by atoms with Crippen molar-refractivity contribution in [2.24, 2.45) is 17.6 Å². The van der Waals surface area contributed by atoms with E-state index < -0.39 is 0 Å². The molecule has 106 valence electrons. The highest BCUT2D eigenvalue weighted by atomic mass is 16.1. The van der Waals surface area contributed by atoms with Crippen molar-refractivity contribution in [3.05, 3.63) is 22.7 Å². The van der Waals surface area contributed by atoms with Gasteiger partial charge in [-0.25, -0.2) is 4.98 Å². The molecule has 1 aromatic rings. The Morgan fingerprint density at radius 1 is 1.47 bits per heavy atom. The molecule has 2 rings (SSSR count). The summed E-state index contributed by atoms with van der Waals surface area (Å²) < 4.78 is 1.75. The summed E-state index contributed by atoms with van der Waals surface area (Å²) in [7, 11) is 0. The fraction of sp³-hybridized carbons (Fsp3) is 0.714. The Morgan fingerprint density at radius 2 is 2.21 bits per heavy atom. The third-order valence-electron chi connectivity index (χ3n) is 3.45. The Kier molecular flexibility index (Phi) is 4.24. The Morgan fingerprint density at radius 3 is 2.84 bits per heavy atom. The van der Waals surface area contributed by atoms with Crippen LogP contribution in [0.1, 0.15) is 27.2 Å². The number of hydrogen-bond donors (Lipinski definition) is 1. The Hall–Kier alpha value is -1.36. The third kappa shape index (κ3) is 3.35. The summed E-state index contributed by atoms with van der Waals surface area (Å²) in [6.07, 6.45) is 4.49. The van der Waals surface area contributed by atoms with E-state index in [1.807, 2.05) is 4.90 Å². The normalized spacial score (nSPS) is 23.9. The summed E-state index contributed by atoms with van der Waals surface area (Å²) in [6.45, 7) is 8.68. The van der Waals surface area contributed by atoms with Gasteiger partial charge in [-0.1, -0.05) is 20.8 Å². The minimum Gasteiger partial charge on any atom is -0.350 e. The lowest BCUT2D eigenvalue weighted by Gasteiger charge is -2.35. The van der Waals surface area contributed by atoms with Crippen molar-refractivity contribution >= 4 is 5.82 Å². The van der Waals surface area contributed by atoms with Crippen LogP contribution in [-0.4, -0.2) is 28.7 Å². The molecule has 1 fully saturated rings. The summed E-state index contributed by atoms with van der Waals surface area (Å²) in [5.41, 5.74) is 6.04. The monoisotopic (exact) mass is 264 g/mol. The second-order valence-electron chi connectivity index (χ2n) is 6.11. The molecule has 2 atom stereocenters. The van der Waals surface area contributed by atoms with Crippen molar-refractivity contribution in [2.45, 2.75) is 39.8 Å². The average Bonchev–Trinajstić information content (AvgIpc) is 2.30. The molecule has 0 bridgehead atoms. The lowest BCUT2D eigenvalue weighted by atomic mass is 9.97. The Balaban J connectivity index is 2.27. The third-order valence-corrected chi connectivity index (χ3v) is 3.45. The SMILES string of the molecule is CC(C)Cn1ccnc(N2CC(C)CC(N)C2)c1=O. The number of hydrogen-bond acceptors (Lipinski definition) is 4. The molecule has 0 saturated carbocycles. The molecule has 1 aliphatic rings. The molecule has 0 radical (unpaired) electrons. The van der Waals surface area contributed by atoms with Gasteiger partial charge in [0, 0.05) is 38.1 Å². The highest BCUT2D eigenvalue weighted by Crippen LogP contribution is 2.18. The molecular weight excluding hydrogens is 240 g/mol. The van der Waals surface area contributed by atoms with Crippen LogP contribution in [0.3, 0.4) is 0 Å². The van der Waals surface area contributed by atoms with E-state index in [0.717, 1.165) is 26.1 Å². The van der Waals surface area contributed by atoms with Gasteiger partial charge in [0.25, 0.3) is 5.56 Å². The topological polar surface area (TPSA) is 64.2 Å². The predicted octanol–water partition coefficient (Wildman–Crippen LogP) is 1.07. The number of nitrogens with two attached hydrogens (primary N) is 1. The van der Waals surface area contributed by atoms with E-state index in [9.17, 15) is 4.79 Å². The van der Waals surface area contributed by atoms with Gasteiger partial charge in [0.1, 0.15) is 0 Å². The van der Waals surface area contributed by atoms with E-state index in [-0.39, 0.29) is 11.6 Å². The van der Waals surface area contributed by atoms with Crippen LogP contribution < -0.4 is 16.2 Å². The van der Waals surface area contributed by atoms with Gasteiger partial charge in [0.2, 0.25) is 0 Å². The minimum atomic E-state index is -0.00231. The second kappa shape index (κ2) is 5.74. The van der Waals surface area contributed by atoms with Gasteiger partial charge in [-0.2, -0.15) is 0 Å². The fourth-order valence-corrected chi connectivity index (χ4v) is 2.76. The molecule has 19 heavy (non-hydrogen) atoms. The zero-order chi connectivity index (χ0) is 14.0. The van der Waals surface area contributed by atoms with E-state index in [1.165, 1.54) is 0 Å². The lowest BCUT2D eigenvalue weighted by molar-refractivity contribution is 0.397. The molecule has 5 heteroatoms. The van der Waals surface area contributed by atoms with Gasteiger partial charge in [0.15, 0.2) is 5.82 Å². The molecular formula is C14H24N4O. The van der Waals surface area contributed by atoms with Crippen molar-refractivity contribution in [3.8, 4) is 0 Å². The lowest BCUT2D eigenvalue weighted by Crippen LogP contribution is -2.48. The van der Waals surface area contributed by atoms with Crippen LogP contribution in [0.15, 0.2) is 17.2 Å². The van der Waals surface area contributed by atoms with Crippen LogP contribution in [0.4, 0.5) is 5.82 Å². The molecule has 1 aliphatic heterocycles. The molecule has 1 saturated heterocycles. The molecule has 0 aliphatic carbocycles. The second-order valence-corrected chi connectivity index (χ2v) is 6.11. The van der Waals surface area contributed by atoms with E-state index in [0.29, 0.717) is 17.7 Å². The Labute approximate surface area is 114 Å². The van der Waals surface area contributed by atoms with Gasteiger partial charge < -0.3 is 15.2 Å². The summed E-state index contributed by atoms with van der Waals surface area (Å²) in [6, 6.07) is 0.128. The number of anilines is 1. The first-order chi connectivity index (χ1) is 8.97. The smallest absolute Gasteiger partial charge is 0.293 e. The van der Waals surface area contributed by atoms with Crippen molar-refractivity contribution in [1.29, 1.82) is 0 Å². The number of rotatable bonds is 3. The summed E-state index contributed by atoms with van der Waals surface area (Å²) in [5.74, 6) is 1.49. The van der Waals surface area contributed by atoms with E-state index in [4.69, 9.17) is 5.73 Å². The van der Waals surface area contributed by atoms with Crippen molar-refractivity contribution in [1.82, 2.24) is 9.55 Å². The summed E-state index contributed by atoms with van der Waals surface area (Å²) in [5, 5.41) is 0. The van der Waals surface area contributed by atoms with Crippen LogP contribution in [0.5, 0.6) is 0 Å². The predicted molar refractivity (Wildman–Crippen MR) is 77.3 cm³/mol. The summed E-state index contributed by atoms with van der Waals surface area (Å²) >= 11 is 0. The maximum atomic E-state index is 12.4. The van der Waals surface area contributed by atoms with Gasteiger partial charge in [-0.15, -0.1) is 0 Å². The average molecular weight is 264 g/mol. The van der Waals surface area contributed by atoms with Crippen LogP contribution in [0.2, 0.25) is 0 Å². The van der Waals surface area contributed by atoms with Gasteiger partial charge in [-0.3, -0.25) is 4.79 Å². The molecule has 2 N–H and O–H groups in total. The zero-order valence-corrected chi connectivity index (χ0v) is 12.0. The van der Waals surface area contributed by atoms with Gasteiger partial charge >= 0.3 is 0 Å². The fourth-order valence-electron chi connectivity index (χ4n) is 2.76. The molecule has 0 aromatic carbocycles. The summed E-state index contributed by atoms with van der Waals surface area (Å²) in [4.78, 5) is 18.8. The largest absolute Gasteiger partial charge is 0.350 e. The number of piperidine rings is 1. The molecule has 0 amide bonds. The zero-order valence-electron chi connectivity index (χ0n) is 12.0. The van der Waals surface area contributed by atoms with Gasteiger partial charge in [0.05, 0.1) is 0 Å². The van der Waals surface area contributed by atoms with Crippen LogP contribution >= 0.6 is 0 Å². The Bertz CT molecular complexity index is 473. The molecule has 2 unspecified atom stereocenters. The number of aromatic nitrogens is 2.